The molecule has 0 unspecified atom stereocenters. The molecule has 162 valence electrons. The van der Waals surface area contributed by atoms with Crippen molar-refractivity contribution < 1.29 is 18.9 Å². The Morgan fingerprint density at radius 3 is 2.50 bits per heavy atom. The summed E-state index contributed by atoms with van der Waals surface area (Å²) < 4.78 is 16.7. The number of anilines is 1. The Labute approximate surface area is 186 Å². The molecule has 1 N–H and O–H groups in total. The molecule has 0 fully saturated rings. The summed E-state index contributed by atoms with van der Waals surface area (Å²) in [6, 6.07) is 13.0. The average molecular weight is 454 g/mol. The molecular formula is C21H16ClN5O5. The lowest BCUT2D eigenvalue weighted by molar-refractivity contribution is 0.101. The van der Waals surface area contributed by atoms with Crippen LogP contribution in [0.1, 0.15) is 10.5 Å². The Balaban J connectivity index is 1.64. The summed E-state index contributed by atoms with van der Waals surface area (Å²) in [5.41, 5.74) is 0.533. The van der Waals surface area contributed by atoms with Gasteiger partial charge in [-0.3, -0.25) is 9.59 Å². The van der Waals surface area contributed by atoms with Gasteiger partial charge in [-0.1, -0.05) is 11.6 Å². The zero-order valence-corrected chi connectivity index (χ0v) is 17.7. The first-order chi connectivity index (χ1) is 15.5. The topological polar surface area (TPSA) is 121 Å². The van der Waals surface area contributed by atoms with Crippen LogP contribution in [0.2, 0.25) is 5.02 Å². The number of nitrogens with zero attached hydrogens (tertiary/aromatic N) is 4. The van der Waals surface area contributed by atoms with E-state index in [1.54, 1.807) is 42.5 Å². The highest BCUT2D eigenvalue weighted by Gasteiger charge is 2.20. The van der Waals surface area contributed by atoms with Gasteiger partial charge in [0.15, 0.2) is 22.9 Å². The number of hydrogen-bond acceptors (Lipinski definition) is 8. The normalized spacial score (nSPS) is 10.6. The number of hydrogen-bond donors (Lipinski definition) is 1. The number of carbonyl (C=O) groups is 1. The molecule has 10 nitrogen and oxygen atoms in total. The summed E-state index contributed by atoms with van der Waals surface area (Å²) in [6.07, 6.45) is 1.45. The Bertz CT molecular complexity index is 1330. The van der Waals surface area contributed by atoms with Gasteiger partial charge in [0.05, 0.1) is 19.9 Å². The largest absolute Gasteiger partial charge is 0.493 e. The fraction of sp³-hybridized carbons (Fsp3) is 0.0952. The first kappa shape index (κ1) is 21.1. The Hall–Kier alpha value is -4.18. The molecule has 4 rings (SSSR count). The minimum absolute atomic E-state index is 0.0188. The Morgan fingerprint density at radius 1 is 1.03 bits per heavy atom. The van der Waals surface area contributed by atoms with Gasteiger partial charge in [-0.05, 0) is 52.8 Å². The maximum absolute atomic E-state index is 12.8. The summed E-state index contributed by atoms with van der Waals surface area (Å²) in [7, 11) is 3.02. The third-order valence-corrected chi connectivity index (χ3v) is 4.74. The molecule has 11 heteroatoms. The van der Waals surface area contributed by atoms with Gasteiger partial charge >= 0.3 is 0 Å². The summed E-state index contributed by atoms with van der Waals surface area (Å²) in [5, 5.41) is 14.8. The molecule has 0 aliphatic rings. The minimum Gasteiger partial charge on any atom is -0.493 e. The minimum atomic E-state index is -0.768. The predicted molar refractivity (Wildman–Crippen MR) is 116 cm³/mol. The van der Waals surface area contributed by atoms with Gasteiger partial charge in [-0.2, -0.15) is 5.10 Å². The van der Waals surface area contributed by atoms with Crippen LogP contribution in [0.3, 0.4) is 0 Å². The highest BCUT2D eigenvalue weighted by Crippen LogP contribution is 2.33. The number of amides is 1. The second kappa shape index (κ2) is 8.90. The zero-order chi connectivity index (χ0) is 22.7. The quantitative estimate of drug-likeness (QED) is 0.472. The van der Waals surface area contributed by atoms with Gasteiger partial charge in [-0.25, -0.2) is 9.31 Å². The number of benzene rings is 2. The van der Waals surface area contributed by atoms with E-state index in [1.165, 1.54) is 31.2 Å². The molecule has 0 radical (unpaired) electrons. The molecular weight excluding hydrogens is 438 g/mol. The highest BCUT2D eigenvalue weighted by atomic mass is 35.5. The van der Waals surface area contributed by atoms with E-state index in [-0.39, 0.29) is 17.2 Å². The van der Waals surface area contributed by atoms with Gasteiger partial charge < -0.3 is 14.8 Å². The molecule has 2 aromatic heterocycles. The number of nitrogens with one attached hydrogen (secondary N) is 1. The third-order valence-electron chi connectivity index (χ3n) is 4.49. The monoisotopic (exact) mass is 453 g/mol. The molecule has 0 atom stereocenters. The van der Waals surface area contributed by atoms with Crippen LogP contribution in [0, 0.1) is 0 Å². The molecule has 4 aromatic rings. The summed E-state index contributed by atoms with van der Waals surface area (Å²) in [4.78, 5) is 25.1. The number of carbonyl (C=O) groups excluding carboxylic acids is 1. The van der Waals surface area contributed by atoms with Gasteiger partial charge in [-0.15, -0.1) is 0 Å². The van der Waals surface area contributed by atoms with E-state index in [0.717, 1.165) is 0 Å². The average Bonchev–Trinajstić information content (AvgIpc) is 3.27. The zero-order valence-electron chi connectivity index (χ0n) is 16.9. The number of ether oxygens (including phenoxy) is 2. The van der Waals surface area contributed by atoms with E-state index >= 15 is 0 Å². The van der Waals surface area contributed by atoms with Crippen LogP contribution in [-0.2, 0) is 0 Å². The highest BCUT2D eigenvalue weighted by molar-refractivity contribution is 6.30. The molecule has 2 aromatic carbocycles. The van der Waals surface area contributed by atoms with Crippen LogP contribution in [0.5, 0.6) is 11.5 Å². The van der Waals surface area contributed by atoms with Crippen LogP contribution in [0.25, 0.3) is 16.9 Å². The van der Waals surface area contributed by atoms with Gasteiger partial charge in [0.25, 0.3) is 5.91 Å². The molecule has 0 saturated heterocycles. The van der Waals surface area contributed by atoms with E-state index in [4.69, 9.17) is 25.7 Å². The van der Waals surface area contributed by atoms with Gasteiger partial charge in [0, 0.05) is 22.8 Å². The van der Waals surface area contributed by atoms with Crippen molar-refractivity contribution in [3.63, 3.8) is 0 Å². The number of rotatable bonds is 6. The molecule has 0 aliphatic heterocycles. The molecule has 0 aliphatic carbocycles. The lowest BCUT2D eigenvalue weighted by atomic mass is 10.1. The van der Waals surface area contributed by atoms with Crippen molar-refractivity contribution in [3.8, 4) is 28.4 Å². The van der Waals surface area contributed by atoms with Gasteiger partial charge in [0.1, 0.15) is 0 Å². The summed E-state index contributed by atoms with van der Waals surface area (Å²) in [6.45, 7) is 0. The lowest BCUT2D eigenvalue weighted by Crippen LogP contribution is -2.25. The fourth-order valence-corrected chi connectivity index (χ4v) is 3.04. The molecule has 0 saturated carbocycles. The van der Waals surface area contributed by atoms with E-state index < -0.39 is 11.3 Å². The Kier molecular flexibility index (Phi) is 5.86. The van der Waals surface area contributed by atoms with Crippen LogP contribution in [-0.4, -0.2) is 40.2 Å². The number of aromatic nitrogens is 4. The van der Waals surface area contributed by atoms with Crippen molar-refractivity contribution in [2.75, 3.05) is 19.5 Å². The van der Waals surface area contributed by atoms with E-state index in [2.05, 4.69) is 20.7 Å². The lowest BCUT2D eigenvalue weighted by Gasteiger charge is -2.09. The number of halogens is 1. The van der Waals surface area contributed by atoms with Crippen LogP contribution in [0.4, 0.5) is 5.82 Å². The maximum Gasteiger partial charge on any atom is 0.281 e. The second-order valence-electron chi connectivity index (χ2n) is 6.43. The Morgan fingerprint density at radius 2 is 1.78 bits per heavy atom. The maximum atomic E-state index is 12.8. The van der Waals surface area contributed by atoms with Crippen molar-refractivity contribution >= 4 is 23.3 Å². The van der Waals surface area contributed by atoms with Crippen molar-refractivity contribution in [2.24, 2.45) is 0 Å². The van der Waals surface area contributed by atoms with Gasteiger partial charge in [0.2, 0.25) is 11.2 Å². The van der Waals surface area contributed by atoms with E-state index in [0.29, 0.717) is 27.8 Å². The molecule has 2 heterocycles. The SMILES string of the molecule is COc1ccc(-c2nonc2NC(=O)c2nn(-c3ccc(Cl)cc3)ccc2=O)cc1OC. The standard InChI is InChI=1S/C21H16ClN5O5/c1-30-16-8-3-12(11-17(16)31-2)18-20(26-32-25-18)23-21(29)19-15(28)9-10-27(24-19)14-6-4-13(22)5-7-14/h3-11H,1-2H3,(H,23,26,29). The summed E-state index contributed by atoms with van der Waals surface area (Å²) in [5.74, 6) is 0.233. The number of methoxy groups -OCH3 is 2. The molecule has 1 amide bonds. The van der Waals surface area contributed by atoms with E-state index in [9.17, 15) is 9.59 Å². The predicted octanol–water partition coefficient (Wildman–Crippen LogP) is 3.21. The van der Waals surface area contributed by atoms with Crippen molar-refractivity contribution in [1.82, 2.24) is 20.1 Å². The first-order valence-corrected chi connectivity index (χ1v) is 9.60. The van der Waals surface area contributed by atoms with Crippen molar-refractivity contribution in [2.45, 2.75) is 0 Å². The third kappa shape index (κ3) is 4.16. The van der Waals surface area contributed by atoms with E-state index in [1.807, 2.05) is 0 Å². The fourth-order valence-electron chi connectivity index (χ4n) is 2.91. The van der Waals surface area contributed by atoms with Crippen LogP contribution < -0.4 is 20.2 Å². The second-order valence-corrected chi connectivity index (χ2v) is 6.87. The molecule has 0 bridgehead atoms. The van der Waals surface area contributed by atoms with Crippen molar-refractivity contribution in [3.05, 3.63) is 75.7 Å². The van der Waals surface area contributed by atoms with Crippen LogP contribution >= 0.6 is 11.6 Å². The summed E-state index contributed by atoms with van der Waals surface area (Å²) >= 11 is 5.91. The van der Waals surface area contributed by atoms with Crippen molar-refractivity contribution in [1.29, 1.82) is 0 Å². The molecule has 0 spiro atoms. The smallest absolute Gasteiger partial charge is 0.281 e. The first-order valence-electron chi connectivity index (χ1n) is 9.22. The van der Waals surface area contributed by atoms with Crippen LogP contribution in [0.15, 0.2) is 64.2 Å². The molecule has 32 heavy (non-hydrogen) atoms.